The minimum absolute atomic E-state index is 0.0590. The summed E-state index contributed by atoms with van der Waals surface area (Å²) in [5.74, 6) is 0.908. The van der Waals surface area contributed by atoms with Gasteiger partial charge >= 0.3 is 0 Å². The van der Waals surface area contributed by atoms with Crippen molar-refractivity contribution < 1.29 is 9.15 Å². The van der Waals surface area contributed by atoms with Gasteiger partial charge in [-0.25, -0.2) is 0 Å². The van der Waals surface area contributed by atoms with Gasteiger partial charge in [0.1, 0.15) is 11.9 Å². The van der Waals surface area contributed by atoms with Crippen LogP contribution >= 0.6 is 0 Å². The molecule has 0 saturated carbocycles. The average Bonchev–Trinajstić information content (AvgIpc) is 2.81. The largest absolute Gasteiger partial charge is 0.467 e. The zero-order valence-corrected chi connectivity index (χ0v) is 9.24. The highest BCUT2D eigenvalue weighted by molar-refractivity contribution is 5.00. The van der Waals surface area contributed by atoms with Gasteiger partial charge in [0.15, 0.2) is 0 Å². The third-order valence-electron chi connectivity index (χ3n) is 2.90. The number of rotatable bonds is 4. The molecule has 84 valence electrons. The molecule has 0 aromatic carbocycles. The topological polar surface area (TPSA) is 34.4 Å². The summed E-state index contributed by atoms with van der Waals surface area (Å²) >= 11 is 0. The summed E-state index contributed by atoms with van der Waals surface area (Å²) in [6.45, 7) is 3.94. The summed E-state index contributed by atoms with van der Waals surface area (Å²) in [4.78, 5) is 0. The first-order valence-corrected chi connectivity index (χ1v) is 5.74. The van der Waals surface area contributed by atoms with Crippen molar-refractivity contribution >= 4 is 0 Å². The summed E-state index contributed by atoms with van der Waals surface area (Å²) in [7, 11) is 0. The molecule has 1 saturated heterocycles. The fourth-order valence-electron chi connectivity index (χ4n) is 1.93. The van der Waals surface area contributed by atoms with Crippen LogP contribution in [-0.2, 0) is 4.74 Å². The van der Waals surface area contributed by atoms with E-state index in [1.165, 1.54) is 19.3 Å². The highest BCUT2D eigenvalue weighted by Gasteiger charge is 2.15. The number of hydrogen-bond donors (Lipinski definition) is 1. The van der Waals surface area contributed by atoms with Gasteiger partial charge in [-0.15, -0.1) is 0 Å². The van der Waals surface area contributed by atoms with Gasteiger partial charge in [0.2, 0.25) is 0 Å². The quantitative estimate of drug-likeness (QED) is 0.827. The lowest BCUT2D eigenvalue weighted by molar-refractivity contribution is 0.0314. The molecule has 2 rings (SSSR count). The maximum atomic E-state index is 5.77. The van der Waals surface area contributed by atoms with Crippen LogP contribution in [0.1, 0.15) is 38.1 Å². The Bertz CT molecular complexity index is 265. The third kappa shape index (κ3) is 3.08. The summed E-state index contributed by atoms with van der Waals surface area (Å²) in [6, 6.07) is 4.38. The fraction of sp³-hybridized carbons (Fsp3) is 0.667. The van der Waals surface area contributed by atoms with E-state index in [1.807, 2.05) is 19.1 Å². The molecule has 3 nitrogen and oxygen atoms in total. The minimum atomic E-state index is 0.0590. The second-order valence-electron chi connectivity index (χ2n) is 4.14. The van der Waals surface area contributed by atoms with Crippen LogP contribution < -0.4 is 5.32 Å². The molecular weight excluding hydrogens is 190 g/mol. The van der Waals surface area contributed by atoms with Gasteiger partial charge in [-0.05, 0) is 38.4 Å². The second kappa shape index (κ2) is 5.33. The molecule has 0 spiro atoms. The molecule has 2 heterocycles. The Morgan fingerprint density at radius 3 is 3.20 bits per heavy atom. The molecule has 15 heavy (non-hydrogen) atoms. The zero-order chi connectivity index (χ0) is 10.5. The van der Waals surface area contributed by atoms with Gasteiger partial charge in [-0.1, -0.05) is 6.42 Å². The first-order valence-electron chi connectivity index (χ1n) is 5.74. The molecule has 0 bridgehead atoms. The smallest absolute Gasteiger partial charge is 0.132 e. The molecule has 0 amide bonds. The maximum Gasteiger partial charge on any atom is 0.132 e. The van der Waals surface area contributed by atoms with Gasteiger partial charge in [-0.3, -0.25) is 0 Å². The molecule has 1 aliphatic rings. The molecule has 1 aromatic heterocycles. The van der Waals surface area contributed by atoms with E-state index >= 15 is 0 Å². The van der Waals surface area contributed by atoms with E-state index in [1.54, 1.807) is 6.26 Å². The first kappa shape index (κ1) is 10.7. The van der Waals surface area contributed by atoms with E-state index in [0.29, 0.717) is 6.04 Å². The van der Waals surface area contributed by atoms with Gasteiger partial charge in [-0.2, -0.15) is 0 Å². The second-order valence-corrected chi connectivity index (χ2v) is 4.14. The molecule has 0 aliphatic carbocycles. The van der Waals surface area contributed by atoms with Crippen LogP contribution in [0.2, 0.25) is 0 Å². The van der Waals surface area contributed by atoms with Crippen molar-refractivity contribution in [1.29, 1.82) is 0 Å². The van der Waals surface area contributed by atoms with Crippen LogP contribution in [0.4, 0.5) is 0 Å². The normalized spacial score (nSPS) is 23.9. The van der Waals surface area contributed by atoms with Gasteiger partial charge < -0.3 is 14.5 Å². The molecule has 2 atom stereocenters. The van der Waals surface area contributed by atoms with Crippen LogP contribution in [0.25, 0.3) is 0 Å². The Balaban J connectivity index is 1.73. The lowest BCUT2D eigenvalue weighted by Gasteiger charge is -2.24. The van der Waals surface area contributed by atoms with Gasteiger partial charge in [0, 0.05) is 6.04 Å². The Kier molecular flexibility index (Phi) is 3.80. The van der Waals surface area contributed by atoms with Crippen molar-refractivity contribution in [3.05, 3.63) is 24.2 Å². The highest BCUT2D eigenvalue weighted by Crippen LogP contribution is 2.18. The number of ether oxygens (including phenoxy) is 1. The number of piperidine rings is 1. The van der Waals surface area contributed by atoms with Crippen molar-refractivity contribution in [2.75, 3.05) is 13.2 Å². The lowest BCUT2D eigenvalue weighted by Crippen LogP contribution is -2.37. The van der Waals surface area contributed by atoms with Crippen molar-refractivity contribution in [3.8, 4) is 0 Å². The molecule has 2 unspecified atom stereocenters. The van der Waals surface area contributed by atoms with Crippen molar-refractivity contribution in [2.45, 2.75) is 38.3 Å². The van der Waals surface area contributed by atoms with Crippen LogP contribution in [-0.4, -0.2) is 19.2 Å². The monoisotopic (exact) mass is 209 g/mol. The molecule has 3 heteroatoms. The number of nitrogens with one attached hydrogen (secondary N) is 1. The predicted molar refractivity (Wildman–Crippen MR) is 58.7 cm³/mol. The van der Waals surface area contributed by atoms with Gasteiger partial charge in [0.25, 0.3) is 0 Å². The maximum absolute atomic E-state index is 5.77. The van der Waals surface area contributed by atoms with Crippen LogP contribution in [0.5, 0.6) is 0 Å². The van der Waals surface area contributed by atoms with E-state index < -0.39 is 0 Å². The SMILES string of the molecule is CC(OCC1CCCCN1)c1ccco1. The predicted octanol–water partition coefficient (Wildman–Crippen LogP) is 2.50. The van der Waals surface area contributed by atoms with Crippen molar-refractivity contribution in [2.24, 2.45) is 0 Å². The summed E-state index contributed by atoms with van der Waals surface area (Å²) < 4.78 is 11.1. The summed E-state index contributed by atoms with van der Waals surface area (Å²) in [5.41, 5.74) is 0. The average molecular weight is 209 g/mol. The van der Waals surface area contributed by atoms with Crippen LogP contribution in [0.15, 0.2) is 22.8 Å². The van der Waals surface area contributed by atoms with E-state index in [0.717, 1.165) is 18.9 Å². The molecular formula is C12H19NO2. The Labute approximate surface area is 90.8 Å². The van der Waals surface area contributed by atoms with E-state index in [-0.39, 0.29) is 6.10 Å². The van der Waals surface area contributed by atoms with Crippen LogP contribution in [0.3, 0.4) is 0 Å². The lowest BCUT2D eigenvalue weighted by atomic mass is 10.1. The Morgan fingerprint density at radius 2 is 2.53 bits per heavy atom. The molecule has 1 aromatic rings. The number of hydrogen-bond acceptors (Lipinski definition) is 3. The minimum Gasteiger partial charge on any atom is -0.467 e. The van der Waals surface area contributed by atoms with Gasteiger partial charge in [0.05, 0.1) is 12.9 Å². The Morgan fingerprint density at radius 1 is 1.60 bits per heavy atom. The van der Waals surface area contributed by atoms with E-state index in [2.05, 4.69) is 5.32 Å². The fourth-order valence-corrected chi connectivity index (χ4v) is 1.93. The molecule has 1 fully saturated rings. The standard InChI is InChI=1S/C12H19NO2/c1-10(12-6-4-8-14-12)15-9-11-5-2-3-7-13-11/h4,6,8,10-11,13H,2-3,5,7,9H2,1H3. The van der Waals surface area contributed by atoms with E-state index in [9.17, 15) is 0 Å². The van der Waals surface area contributed by atoms with Crippen molar-refractivity contribution in [1.82, 2.24) is 5.32 Å². The van der Waals surface area contributed by atoms with Crippen LogP contribution in [0, 0.1) is 0 Å². The van der Waals surface area contributed by atoms with E-state index in [4.69, 9.17) is 9.15 Å². The van der Waals surface area contributed by atoms with Crippen molar-refractivity contribution in [3.63, 3.8) is 0 Å². The molecule has 1 N–H and O–H groups in total. The Hall–Kier alpha value is -0.800. The number of furan rings is 1. The zero-order valence-electron chi connectivity index (χ0n) is 9.24. The summed E-state index contributed by atoms with van der Waals surface area (Å²) in [5, 5.41) is 3.46. The first-order chi connectivity index (χ1) is 7.36. The highest BCUT2D eigenvalue weighted by atomic mass is 16.5. The summed E-state index contributed by atoms with van der Waals surface area (Å²) in [6.07, 6.45) is 5.59. The third-order valence-corrected chi connectivity index (χ3v) is 2.90. The molecule has 1 aliphatic heterocycles. The molecule has 0 radical (unpaired) electrons.